The first-order valence-corrected chi connectivity index (χ1v) is 12.9. The highest BCUT2D eigenvalue weighted by Gasteiger charge is 2.29. The van der Waals surface area contributed by atoms with E-state index in [1.807, 2.05) is 31.2 Å². The highest BCUT2D eigenvalue weighted by molar-refractivity contribution is 7.92. The second-order valence-electron chi connectivity index (χ2n) is 8.34. The number of hydrogen-bond acceptors (Lipinski definition) is 9. The standard InChI is InChI=1S/C25H25N5O4S/c1-16-23(25-30-29-24(34-25)20-7-3-4-8-22(20)33-2)28-21(15-27-16)17-9-11-18(12-10-17)35(31,32)19-6-5-13-26-14-19/h3-4,7-12,15,19,26H,5-6,13-14H2,1-2H3. The van der Waals surface area contributed by atoms with E-state index in [0.717, 1.165) is 18.5 Å². The summed E-state index contributed by atoms with van der Waals surface area (Å²) in [6.45, 7) is 3.16. The third-order valence-electron chi connectivity index (χ3n) is 6.09. The summed E-state index contributed by atoms with van der Waals surface area (Å²) in [6, 6.07) is 14.1. The molecule has 5 rings (SSSR count). The normalized spacial score (nSPS) is 16.2. The minimum atomic E-state index is -3.39. The number of piperidine rings is 1. The lowest BCUT2D eigenvalue weighted by Crippen LogP contribution is -2.38. The molecule has 4 aromatic rings. The number of sulfone groups is 1. The zero-order chi connectivity index (χ0) is 24.4. The van der Waals surface area contributed by atoms with Gasteiger partial charge in [-0.15, -0.1) is 10.2 Å². The van der Waals surface area contributed by atoms with Crippen LogP contribution in [0.4, 0.5) is 0 Å². The molecule has 1 atom stereocenters. The molecule has 0 amide bonds. The Labute approximate surface area is 203 Å². The van der Waals surface area contributed by atoms with Crippen molar-refractivity contribution in [2.45, 2.75) is 29.9 Å². The van der Waals surface area contributed by atoms with Crippen molar-refractivity contribution in [3.63, 3.8) is 0 Å². The second-order valence-corrected chi connectivity index (χ2v) is 10.6. The zero-order valence-electron chi connectivity index (χ0n) is 19.4. The predicted molar refractivity (Wildman–Crippen MR) is 131 cm³/mol. The summed E-state index contributed by atoms with van der Waals surface area (Å²) in [5.41, 5.74) is 3.09. The highest BCUT2D eigenvalue weighted by atomic mass is 32.2. The van der Waals surface area contributed by atoms with E-state index in [1.165, 1.54) is 0 Å². The molecule has 0 aliphatic carbocycles. The van der Waals surface area contributed by atoms with Crippen LogP contribution in [-0.2, 0) is 9.84 Å². The Morgan fingerprint density at radius 2 is 1.83 bits per heavy atom. The van der Waals surface area contributed by atoms with E-state index in [1.54, 1.807) is 37.6 Å². The van der Waals surface area contributed by atoms with Crippen molar-refractivity contribution < 1.29 is 17.6 Å². The lowest BCUT2D eigenvalue weighted by molar-refractivity contribution is 0.414. The molecular formula is C25H25N5O4S. The van der Waals surface area contributed by atoms with Crippen molar-refractivity contribution in [2.75, 3.05) is 20.2 Å². The Hall–Kier alpha value is -3.63. The van der Waals surface area contributed by atoms with Gasteiger partial charge < -0.3 is 14.5 Å². The summed E-state index contributed by atoms with van der Waals surface area (Å²) >= 11 is 0. The van der Waals surface area contributed by atoms with Crippen LogP contribution in [0.1, 0.15) is 18.5 Å². The number of nitrogens with one attached hydrogen (secondary N) is 1. The molecule has 9 nitrogen and oxygen atoms in total. The molecule has 3 heterocycles. The van der Waals surface area contributed by atoms with Gasteiger partial charge in [-0.25, -0.2) is 13.4 Å². The predicted octanol–water partition coefficient (Wildman–Crippen LogP) is 3.70. The van der Waals surface area contributed by atoms with Gasteiger partial charge in [0.25, 0.3) is 11.8 Å². The van der Waals surface area contributed by atoms with Crippen molar-refractivity contribution in [3.8, 4) is 40.0 Å². The van der Waals surface area contributed by atoms with E-state index < -0.39 is 15.1 Å². The van der Waals surface area contributed by atoms with E-state index in [0.29, 0.717) is 52.1 Å². The smallest absolute Gasteiger partial charge is 0.268 e. The summed E-state index contributed by atoms with van der Waals surface area (Å²) in [5, 5.41) is 11.1. The molecule has 35 heavy (non-hydrogen) atoms. The number of aryl methyl sites for hydroxylation is 1. The zero-order valence-corrected chi connectivity index (χ0v) is 20.2. The van der Waals surface area contributed by atoms with Crippen molar-refractivity contribution in [3.05, 3.63) is 60.4 Å². The quantitative estimate of drug-likeness (QED) is 0.430. The van der Waals surface area contributed by atoms with Crippen LogP contribution >= 0.6 is 0 Å². The maximum Gasteiger partial charge on any atom is 0.268 e. The van der Waals surface area contributed by atoms with Crippen LogP contribution in [0, 0.1) is 6.92 Å². The lowest BCUT2D eigenvalue weighted by Gasteiger charge is -2.22. The number of para-hydroxylation sites is 1. The average Bonchev–Trinajstić information content (AvgIpc) is 3.39. The number of nitrogens with zero attached hydrogens (tertiary/aromatic N) is 4. The minimum Gasteiger partial charge on any atom is -0.496 e. The van der Waals surface area contributed by atoms with E-state index >= 15 is 0 Å². The first-order valence-electron chi connectivity index (χ1n) is 11.3. The number of ether oxygens (including phenoxy) is 1. The third-order valence-corrected chi connectivity index (χ3v) is 8.30. The molecular weight excluding hydrogens is 466 g/mol. The average molecular weight is 492 g/mol. The van der Waals surface area contributed by atoms with E-state index in [2.05, 4.69) is 20.5 Å². The Morgan fingerprint density at radius 3 is 2.57 bits per heavy atom. The summed E-state index contributed by atoms with van der Waals surface area (Å²) in [7, 11) is -1.81. The monoisotopic (exact) mass is 491 g/mol. The SMILES string of the molecule is COc1ccccc1-c1nnc(-c2nc(-c3ccc(S(=O)(=O)C4CCCNC4)cc3)cnc2C)o1. The van der Waals surface area contributed by atoms with Gasteiger partial charge in [0.1, 0.15) is 11.4 Å². The molecule has 1 aliphatic heterocycles. The number of hydrogen-bond donors (Lipinski definition) is 1. The molecule has 10 heteroatoms. The Morgan fingerprint density at radius 1 is 1.06 bits per heavy atom. The maximum absolute atomic E-state index is 13.0. The molecule has 1 unspecified atom stereocenters. The third kappa shape index (κ3) is 4.54. The largest absolute Gasteiger partial charge is 0.496 e. The molecule has 1 fully saturated rings. The molecule has 180 valence electrons. The van der Waals surface area contributed by atoms with Gasteiger partial charge in [-0.05, 0) is 50.6 Å². The van der Waals surface area contributed by atoms with Gasteiger partial charge >= 0.3 is 0 Å². The van der Waals surface area contributed by atoms with Gasteiger partial charge in [0.2, 0.25) is 0 Å². The fourth-order valence-corrected chi connectivity index (χ4v) is 5.85. The minimum absolute atomic E-state index is 0.238. The van der Waals surface area contributed by atoms with Gasteiger partial charge in [0.05, 0.1) is 40.4 Å². The van der Waals surface area contributed by atoms with Crippen LogP contribution in [0.2, 0.25) is 0 Å². The first kappa shape index (κ1) is 23.1. The highest BCUT2D eigenvalue weighted by Crippen LogP contribution is 2.31. The number of aromatic nitrogens is 4. The topological polar surface area (TPSA) is 120 Å². The molecule has 0 bridgehead atoms. The molecule has 1 N–H and O–H groups in total. The van der Waals surface area contributed by atoms with Gasteiger partial charge in [-0.2, -0.15) is 0 Å². The summed E-state index contributed by atoms with van der Waals surface area (Å²) in [6.07, 6.45) is 3.17. The van der Waals surface area contributed by atoms with Crippen molar-refractivity contribution in [1.82, 2.24) is 25.5 Å². The van der Waals surface area contributed by atoms with Gasteiger partial charge in [0.15, 0.2) is 9.84 Å². The van der Waals surface area contributed by atoms with Gasteiger partial charge in [-0.3, -0.25) is 4.98 Å². The molecule has 1 saturated heterocycles. The lowest BCUT2D eigenvalue weighted by atomic mass is 10.1. The molecule has 0 saturated carbocycles. The van der Waals surface area contributed by atoms with Crippen LogP contribution in [0.5, 0.6) is 5.75 Å². The molecule has 1 aliphatic rings. The fraction of sp³-hybridized carbons (Fsp3) is 0.280. The van der Waals surface area contributed by atoms with Crippen LogP contribution in [0.25, 0.3) is 34.3 Å². The Balaban J connectivity index is 1.44. The summed E-state index contributed by atoms with van der Waals surface area (Å²) in [5.74, 6) is 1.18. The molecule has 2 aromatic carbocycles. The Bertz CT molecular complexity index is 1440. The fourth-order valence-electron chi connectivity index (χ4n) is 4.13. The van der Waals surface area contributed by atoms with Crippen LogP contribution in [0.15, 0.2) is 64.0 Å². The van der Waals surface area contributed by atoms with Crippen molar-refractivity contribution >= 4 is 9.84 Å². The van der Waals surface area contributed by atoms with Crippen LogP contribution in [-0.4, -0.2) is 54.0 Å². The molecule has 0 radical (unpaired) electrons. The Kier molecular flexibility index (Phi) is 6.31. The maximum atomic E-state index is 13.0. The number of benzene rings is 2. The van der Waals surface area contributed by atoms with E-state index in [-0.39, 0.29) is 5.89 Å². The van der Waals surface area contributed by atoms with Crippen LogP contribution in [0.3, 0.4) is 0 Å². The van der Waals surface area contributed by atoms with Crippen molar-refractivity contribution in [2.24, 2.45) is 0 Å². The van der Waals surface area contributed by atoms with E-state index in [9.17, 15) is 8.42 Å². The van der Waals surface area contributed by atoms with Crippen LogP contribution < -0.4 is 10.1 Å². The molecule has 0 spiro atoms. The number of methoxy groups -OCH3 is 1. The molecule has 2 aromatic heterocycles. The van der Waals surface area contributed by atoms with Gasteiger partial charge in [-0.1, -0.05) is 24.3 Å². The van der Waals surface area contributed by atoms with Gasteiger partial charge in [0, 0.05) is 12.1 Å². The first-order chi connectivity index (χ1) is 17.0. The van der Waals surface area contributed by atoms with Crippen molar-refractivity contribution in [1.29, 1.82) is 0 Å². The van der Waals surface area contributed by atoms with E-state index in [4.69, 9.17) is 14.1 Å². The number of rotatable bonds is 6. The summed E-state index contributed by atoms with van der Waals surface area (Å²) in [4.78, 5) is 9.46. The summed E-state index contributed by atoms with van der Waals surface area (Å²) < 4.78 is 37.3. The second kappa shape index (κ2) is 9.55.